The molecule has 5 heteroatoms. The monoisotopic (exact) mass is 356 g/mol. The minimum absolute atomic E-state index is 0.109. The van der Waals surface area contributed by atoms with Gasteiger partial charge in [-0.1, -0.05) is 12.1 Å². The maximum absolute atomic E-state index is 13.2. The number of carbonyl (C=O) groups excluding carboxylic acids is 1. The fourth-order valence-corrected chi connectivity index (χ4v) is 4.47. The summed E-state index contributed by atoms with van der Waals surface area (Å²) in [6.07, 6.45) is 3.33. The van der Waals surface area contributed by atoms with Crippen molar-refractivity contribution in [2.75, 3.05) is 6.54 Å². The summed E-state index contributed by atoms with van der Waals surface area (Å²) in [7, 11) is 0. The highest BCUT2D eigenvalue weighted by Crippen LogP contribution is 2.28. The Morgan fingerprint density at radius 3 is 2.80 bits per heavy atom. The summed E-state index contributed by atoms with van der Waals surface area (Å²) in [5.74, 6) is -0.131. The average Bonchev–Trinajstić information content (AvgIpc) is 3.19. The summed E-state index contributed by atoms with van der Waals surface area (Å²) < 4.78 is 16.4. The van der Waals surface area contributed by atoms with Crippen molar-refractivity contribution in [1.82, 2.24) is 9.47 Å². The molecule has 3 aromatic rings. The van der Waals surface area contributed by atoms with Crippen LogP contribution < -0.4 is 0 Å². The van der Waals surface area contributed by atoms with Crippen molar-refractivity contribution in [2.45, 2.75) is 38.8 Å². The van der Waals surface area contributed by atoms with Crippen molar-refractivity contribution < 1.29 is 9.18 Å². The van der Waals surface area contributed by atoms with Crippen LogP contribution in [-0.2, 0) is 6.54 Å². The van der Waals surface area contributed by atoms with Gasteiger partial charge < -0.3 is 9.47 Å². The van der Waals surface area contributed by atoms with Crippen molar-refractivity contribution in [3.8, 4) is 0 Å². The second-order valence-corrected chi connectivity index (χ2v) is 7.70. The number of hydrogen-bond acceptors (Lipinski definition) is 2. The lowest BCUT2D eigenvalue weighted by Crippen LogP contribution is -2.42. The molecule has 1 saturated heterocycles. The van der Waals surface area contributed by atoms with Gasteiger partial charge in [0, 0.05) is 19.1 Å². The molecule has 130 valence electrons. The van der Waals surface area contributed by atoms with E-state index in [-0.39, 0.29) is 17.8 Å². The minimum Gasteiger partial charge on any atom is -0.335 e. The molecule has 0 N–H and O–H groups in total. The van der Waals surface area contributed by atoms with Crippen LogP contribution in [0.2, 0.25) is 0 Å². The van der Waals surface area contributed by atoms with Crippen molar-refractivity contribution in [3.63, 3.8) is 0 Å². The second-order valence-electron chi connectivity index (χ2n) is 6.76. The van der Waals surface area contributed by atoms with Gasteiger partial charge in [-0.25, -0.2) is 4.39 Å². The second kappa shape index (κ2) is 6.64. The van der Waals surface area contributed by atoms with E-state index < -0.39 is 0 Å². The molecular formula is C20H21FN2OS. The Morgan fingerprint density at radius 2 is 2.04 bits per heavy atom. The first kappa shape index (κ1) is 16.3. The van der Waals surface area contributed by atoms with Gasteiger partial charge in [0.05, 0.1) is 10.2 Å². The largest absolute Gasteiger partial charge is 0.335 e. The fraction of sp³-hybridized carbons (Fsp3) is 0.350. The Labute approximate surface area is 150 Å². The van der Waals surface area contributed by atoms with Crippen LogP contribution in [0.25, 0.3) is 10.2 Å². The smallest absolute Gasteiger partial charge is 0.270 e. The van der Waals surface area contributed by atoms with Crippen LogP contribution in [0, 0.1) is 5.82 Å². The van der Waals surface area contributed by atoms with E-state index in [1.807, 2.05) is 16.3 Å². The third kappa shape index (κ3) is 3.09. The molecule has 1 amide bonds. The zero-order valence-electron chi connectivity index (χ0n) is 14.2. The third-order valence-electron chi connectivity index (χ3n) is 5.06. The highest BCUT2D eigenvalue weighted by atomic mass is 32.1. The number of halogens is 1. The summed E-state index contributed by atoms with van der Waals surface area (Å²) in [6, 6.07) is 10.9. The Balaban J connectivity index is 1.72. The Bertz CT molecular complexity index is 896. The molecule has 4 rings (SSSR count). The minimum atomic E-state index is -0.240. The van der Waals surface area contributed by atoms with Gasteiger partial charge in [-0.2, -0.15) is 0 Å². The summed E-state index contributed by atoms with van der Waals surface area (Å²) in [6.45, 7) is 3.53. The van der Waals surface area contributed by atoms with E-state index in [1.165, 1.54) is 18.6 Å². The lowest BCUT2D eigenvalue weighted by atomic mass is 10.0. The van der Waals surface area contributed by atoms with Crippen LogP contribution in [0.4, 0.5) is 4.39 Å². The van der Waals surface area contributed by atoms with Gasteiger partial charge in [0.25, 0.3) is 5.91 Å². The SMILES string of the molecule is C[C@H]1CCCCN1C(=O)c1cc2sccc2n1Cc1ccc(F)cc1. The van der Waals surface area contributed by atoms with E-state index >= 15 is 0 Å². The lowest BCUT2D eigenvalue weighted by molar-refractivity contribution is 0.0625. The highest BCUT2D eigenvalue weighted by molar-refractivity contribution is 7.17. The number of nitrogens with zero attached hydrogens (tertiary/aromatic N) is 2. The molecule has 0 spiro atoms. The zero-order chi connectivity index (χ0) is 17.4. The van der Waals surface area contributed by atoms with Crippen molar-refractivity contribution in [1.29, 1.82) is 0 Å². The van der Waals surface area contributed by atoms with Crippen molar-refractivity contribution in [2.24, 2.45) is 0 Å². The van der Waals surface area contributed by atoms with Gasteiger partial charge in [-0.15, -0.1) is 11.3 Å². The number of likely N-dealkylation sites (tertiary alicyclic amines) is 1. The summed E-state index contributed by atoms with van der Waals surface area (Å²) in [5, 5.41) is 2.05. The summed E-state index contributed by atoms with van der Waals surface area (Å²) in [4.78, 5) is 15.2. The maximum atomic E-state index is 13.2. The average molecular weight is 356 g/mol. The van der Waals surface area contributed by atoms with E-state index in [2.05, 4.69) is 17.6 Å². The number of aromatic nitrogens is 1. The molecule has 1 aromatic carbocycles. The molecule has 0 unspecified atom stereocenters. The van der Waals surface area contributed by atoms with Gasteiger partial charge in [0.1, 0.15) is 11.5 Å². The number of thiophene rings is 1. The van der Waals surface area contributed by atoms with Gasteiger partial charge in [0.2, 0.25) is 0 Å². The number of fused-ring (bicyclic) bond motifs is 1. The fourth-order valence-electron chi connectivity index (χ4n) is 3.64. The molecule has 3 heterocycles. The number of amides is 1. The predicted molar refractivity (Wildman–Crippen MR) is 99.7 cm³/mol. The number of carbonyl (C=O) groups is 1. The first-order chi connectivity index (χ1) is 12.1. The molecular weight excluding hydrogens is 335 g/mol. The first-order valence-electron chi connectivity index (χ1n) is 8.75. The quantitative estimate of drug-likeness (QED) is 0.655. The van der Waals surface area contributed by atoms with Crippen molar-refractivity contribution in [3.05, 3.63) is 58.9 Å². The molecule has 0 saturated carbocycles. The van der Waals surface area contributed by atoms with Crippen LogP contribution >= 0.6 is 11.3 Å². The van der Waals surface area contributed by atoms with E-state index in [1.54, 1.807) is 23.5 Å². The van der Waals surface area contributed by atoms with Crippen LogP contribution in [-0.4, -0.2) is 28.0 Å². The topological polar surface area (TPSA) is 25.2 Å². The van der Waals surface area contributed by atoms with Gasteiger partial charge in [0.15, 0.2) is 0 Å². The van der Waals surface area contributed by atoms with E-state index in [0.29, 0.717) is 6.54 Å². The number of benzene rings is 1. The third-order valence-corrected chi connectivity index (χ3v) is 5.91. The molecule has 1 fully saturated rings. The molecule has 3 nitrogen and oxygen atoms in total. The van der Waals surface area contributed by atoms with E-state index in [0.717, 1.165) is 40.9 Å². The summed E-state index contributed by atoms with van der Waals surface area (Å²) in [5.41, 5.74) is 2.80. The molecule has 0 aliphatic carbocycles. The Morgan fingerprint density at radius 1 is 1.24 bits per heavy atom. The molecule has 2 aromatic heterocycles. The van der Waals surface area contributed by atoms with Gasteiger partial charge in [-0.05, 0) is 61.4 Å². The molecule has 1 aliphatic heterocycles. The lowest BCUT2D eigenvalue weighted by Gasteiger charge is -2.33. The van der Waals surface area contributed by atoms with E-state index in [9.17, 15) is 9.18 Å². The maximum Gasteiger partial charge on any atom is 0.270 e. The Hall–Kier alpha value is -2.14. The highest BCUT2D eigenvalue weighted by Gasteiger charge is 2.27. The van der Waals surface area contributed by atoms with Crippen LogP contribution in [0.3, 0.4) is 0 Å². The van der Waals surface area contributed by atoms with Gasteiger partial charge in [-0.3, -0.25) is 4.79 Å². The molecule has 0 radical (unpaired) electrons. The normalized spacial score (nSPS) is 18.0. The number of hydrogen-bond donors (Lipinski definition) is 0. The summed E-state index contributed by atoms with van der Waals surface area (Å²) >= 11 is 1.65. The van der Waals surface area contributed by atoms with E-state index in [4.69, 9.17) is 0 Å². The number of rotatable bonds is 3. The molecule has 1 atom stereocenters. The van der Waals surface area contributed by atoms with Crippen LogP contribution in [0.15, 0.2) is 41.8 Å². The molecule has 1 aliphatic rings. The van der Waals surface area contributed by atoms with Crippen molar-refractivity contribution >= 4 is 27.5 Å². The van der Waals surface area contributed by atoms with Crippen LogP contribution in [0.5, 0.6) is 0 Å². The predicted octanol–water partition coefficient (Wildman–Crippen LogP) is 4.90. The van der Waals surface area contributed by atoms with Gasteiger partial charge >= 0.3 is 0 Å². The standard InChI is InChI=1S/C20H21FN2OS/c1-14-4-2-3-10-22(14)20(24)18-12-19-17(9-11-25-19)23(18)13-15-5-7-16(21)8-6-15/h5-9,11-12,14H,2-4,10,13H2,1H3/t14-/m0/s1. The van der Waals surface area contributed by atoms with Crippen LogP contribution in [0.1, 0.15) is 42.2 Å². The number of piperidine rings is 1. The zero-order valence-corrected chi connectivity index (χ0v) is 15.1. The first-order valence-corrected chi connectivity index (χ1v) is 9.63. The molecule has 0 bridgehead atoms. The Kier molecular flexibility index (Phi) is 4.34. The molecule has 25 heavy (non-hydrogen) atoms.